The summed E-state index contributed by atoms with van der Waals surface area (Å²) < 4.78 is 28.9. The molecule has 1 aromatic heterocycles. The number of hydrogen-bond acceptors (Lipinski definition) is 5. The van der Waals surface area contributed by atoms with Crippen molar-refractivity contribution in [3.05, 3.63) is 12.4 Å². The van der Waals surface area contributed by atoms with Gasteiger partial charge in [0.25, 0.3) is 0 Å². The van der Waals surface area contributed by atoms with Crippen LogP contribution in [0.3, 0.4) is 0 Å². The van der Waals surface area contributed by atoms with Gasteiger partial charge in [-0.1, -0.05) is 6.92 Å². The first-order valence-corrected chi connectivity index (χ1v) is 9.44. The fraction of sp³-hybridized carbons (Fsp3) is 0.750. The van der Waals surface area contributed by atoms with Gasteiger partial charge in [0.2, 0.25) is 10.0 Å². The highest BCUT2D eigenvalue weighted by Gasteiger charge is 2.29. The Morgan fingerprint density at radius 2 is 2.35 bits per heavy atom. The molecule has 0 radical (unpaired) electrons. The quantitative estimate of drug-likeness (QED) is 0.776. The Hall–Kier alpha value is -0.570. The molecule has 1 aromatic rings. The summed E-state index contributed by atoms with van der Waals surface area (Å²) in [6, 6.07) is 0.0434. The molecule has 1 aliphatic carbocycles. The third-order valence-corrected chi connectivity index (χ3v) is 6.09. The largest absolute Gasteiger partial charge is 0.329 e. The molecule has 0 saturated heterocycles. The SMILES string of the molecule is CCSC1CCC(NS(=O)(=O)c2cnn(CCN)c2)C1. The second-order valence-corrected chi connectivity index (χ2v) is 8.23. The molecule has 2 unspecified atom stereocenters. The number of rotatable bonds is 7. The van der Waals surface area contributed by atoms with Crippen molar-refractivity contribution in [2.45, 2.75) is 48.9 Å². The summed E-state index contributed by atoms with van der Waals surface area (Å²) in [6.45, 7) is 3.09. The average Bonchev–Trinajstić information content (AvgIpc) is 3.00. The summed E-state index contributed by atoms with van der Waals surface area (Å²) in [7, 11) is -3.46. The number of nitrogens with zero attached hydrogens (tertiary/aromatic N) is 2. The van der Waals surface area contributed by atoms with E-state index in [0.29, 0.717) is 18.3 Å². The van der Waals surface area contributed by atoms with Crippen molar-refractivity contribution in [2.24, 2.45) is 5.73 Å². The van der Waals surface area contributed by atoms with Crippen LogP contribution in [0.4, 0.5) is 0 Å². The summed E-state index contributed by atoms with van der Waals surface area (Å²) in [5.41, 5.74) is 5.43. The first-order chi connectivity index (χ1) is 9.55. The number of thioether (sulfide) groups is 1. The summed E-state index contributed by atoms with van der Waals surface area (Å²) in [5, 5.41) is 4.58. The van der Waals surface area contributed by atoms with Crippen LogP contribution in [0.2, 0.25) is 0 Å². The van der Waals surface area contributed by atoms with E-state index in [1.54, 1.807) is 4.68 Å². The summed E-state index contributed by atoms with van der Waals surface area (Å²) in [4.78, 5) is 0.220. The van der Waals surface area contributed by atoms with Gasteiger partial charge < -0.3 is 5.73 Å². The van der Waals surface area contributed by atoms with Gasteiger partial charge in [0.15, 0.2) is 0 Å². The number of hydrogen-bond donors (Lipinski definition) is 2. The molecule has 2 atom stereocenters. The minimum atomic E-state index is -3.46. The van der Waals surface area contributed by atoms with E-state index < -0.39 is 10.0 Å². The summed E-state index contributed by atoms with van der Waals surface area (Å²) >= 11 is 1.91. The highest BCUT2D eigenvalue weighted by Crippen LogP contribution is 2.30. The second kappa shape index (κ2) is 6.93. The fourth-order valence-corrected chi connectivity index (χ4v) is 4.84. The minimum absolute atomic E-state index is 0.0434. The van der Waals surface area contributed by atoms with Gasteiger partial charge in [0.05, 0.1) is 12.7 Å². The van der Waals surface area contributed by atoms with Crippen LogP contribution in [0, 0.1) is 0 Å². The van der Waals surface area contributed by atoms with Crippen LogP contribution in [0.1, 0.15) is 26.2 Å². The molecule has 0 aliphatic heterocycles. The van der Waals surface area contributed by atoms with Crippen LogP contribution in [-0.4, -0.2) is 41.8 Å². The zero-order valence-corrected chi connectivity index (χ0v) is 13.3. The van der Waals surface area contributed by atoms with Crippen molar-refractivity contribution in [1.29, 1.82) is 0 Å². The minimum Gasteiger partial charge on any atom is -0.329 e. The van der Waals surface area contributed by atoms with Gasteiger partial charge in [-0.2, -0.15) is 16.9 Å². The number of nitrogens with one attached hydrogen (secondary N) is 1. The average molecular weight is 318 g/mol. The van der Waals surface area contributed by atoms with Gasteiger partial charge in [-0.05, 0) is 25.0 Å². The molecular weight excluding hydrogens is 296 g/mol. The third kappa shape index (κ3) is 3.97. The van der Waals surface area contributed by atoms with Crippen molar-refractivity contribution in [3.8, 4) is 0 Å². The van der Waals surface area contributed by atoms with Crippen molar-refractivity contribution in [2.75, 3.05) is 12.3 Å². The van der Waals surface area contributed by atoms with Gasteiger partial charge in [-0.15, -0.1) is 0 Å². The molecule has 20 heavy (non-hydrogen) atoms. The number of nitrogens with two attached hydrogens (primary N) is 1. The Kier molecular flexibility index (Phi) is 5.48. The normalized spacial score (nSPS) is 23.3. The standard InChI is InChI=1S/C12H22N4O2S2/c1-2-19-11-4-3-10(7-11)15-20(17,18)12-8-14-16(9-12)6-5-13/h8-11,15H,2-7,13H2,1H3. The second-order valence-electron chi connectivity index (χ2n) is 4.94. The van der Waals surface area contributed by atoms with Gasteiger partial charge in [-0.25, -0.2) is 13.1 Å². The first-order valence-electron chi connectivity index (χ1n) is 6.91. The first kappa shape index (κ1) is 15.8. The lowest BCUT2D eigenvalue weighted by molar-refractivity contribution is 0.552. The molecule has 2 rings (SSSR count). The van der Waals surface area contributed by atoms with Crippen molar-refractivity contribution < 1.29 is 8.42 Å². The van der Waals surface area contributed by atoms with E-state index in [9.17, 15) is 8.42 Å². The van der Waals surface area contributed by atoms with E-state index in [1.807, 2.05) is 11.8 Å². The van der Waals surface area contributed by atoms with Gasteiger partial charge in [0, 0.05) is 24.0 Å². The summed E-state index contributed by atoms with van der Waals surface area (Å²) in [6.07, 6.45) is 5.81. The molecule has 0 bridgehead atoms. The van der Waals surface area contributed by atoms with E-state index >= 15 is 0 Å². The van der Waals surface area contributed by atoms with Crippen LogP contribution in [0.25, 0.3) is 0 Å². The number of aromatic nitrogens is 2. The smallest absolute Gasteiger partial charge is 0.243 e. The molecule has 1 fully saturated rings. The molecule has 1 saturated carbocycles. The highest BCUT2D eigenvalue weighted by atomic mass is 32.2. The Balaban J connectivity index is 1.97. The maximum Gasteiger partial charge on any atom is 0.243 e. The summed E-state index contributed by atoms with van der Waals surface area (Å²) in [5.74, 6) is 1.08. The fourth-order valence-electron chi connectivity index (χ4n) is 2.46. The van der Waals surface area contributed by atoms with Crippen molar-refractivity contribution in [1.82, 2.24) is 14.5 Å². The lowest BCUT2D eigenvalue weighted by atomic mass is 10.3. The van der Waals surface area contributed by atoms with Crippen LogP contribution in [0.15, 0.2) is 17.3 Å². The van der Waals surface area contributed by atoms with Crippen LogP contribution < -0.4 is 10.5 Å². The van der Waals surface area contributed by atoms with Crippen LogP contribution in [-0.2, 0) is 16.6 Å². The molecule has 0 spiro atoms. The van der Waals surface area contributed by atoms with Gasteiger partial charge >= 0.3 is 0 Å². The molecular formula is C12H22N4O2S2. The maximum atomic E-state index is 12.3. The van der Waals surface area contributed by atoms with E-state index in [-0.39, 0.29) is 10.9 Å². The molecule has 3 N–H and O–H groups in total. The lowest BCUT2D eigenvalue weighted by Gasteiger charge is -2.12. The van der Waals surface area contributed by atoms with Crippen LogP contribution in [0.5, 0.6) is 0 Å². The maximum absolute atomic E-state index is 12.3. The molecule has 6 nitrogen and oxygen atoms in total. The van der Waals surface area contributed by atoms with Crippen LogP contribution >= 0.6 is 11.8 Å². The topological polar surface area (TPSA) is 90.0 Å². The Morgan fingerprint density at radius 1 is 1.55 bits per heavy atom. The van der Waals surface area contributed by atoms with Crippen molar-refractivity contribution in [3.63, 3.8) is 0 Å². The Morgan fingerprint density at radius 3 is 3.05 bits per heavy atom. The predicted molar refractivity (Wildman–Crippen MR) is 81.2 cm³/mol. The Bertz CT molecular complexity index is 529. The highest BCUT2D eigenvalue weighted by molar-refractivity contribution is 7.99. The molecule has 8 heteroatoms. The van der Waals surface area contributed by atoms with Gasteiger partial charge in [0.1, 0.15) is 4.90 Å². The monoisotopic (exact) mass is 318 g/mol. The zero-order chi connectivity index (χ0) is 14.6. The zero-order valence-electron chi connectivity index (χ0n) is 11.7. The molecule has 0 amide bonds. The molecule has 114 valence electrons. The predicted octanol–water partition coefficient (Wildman–Crippen LogP) is 0.794. The lowest BCUT2D eigenvalue weighted by Crippen LogP contribution is -2.33. The van der Waals surface area contributed by atoms with E-state index in [2.05, 4.69) is 16.7 Å². The molecule has 0 aromatic carbocycles. The Labute approximate surface area is 124 Å². The number of sulfonamides is 1. The van der Waals surface area contributed by atoms with E-state index in [0.717, 1.165) is 25.0 Å². The molecule has 1 heterocycles. The molecule has 1 aliphatic rings. The van der Waals surface area contributed by atoms with E-state index in [1.165, 1.54) is 12.4 Å². The third-order valence-electron chi connectivity index (χ3n) is 3.39. The van der Waals surface area contributed by atoms with Crippen molar-refractivity contribution >= 4 is 21.8 Å². The van der Waals surface area contributed by atoms with E-state index in [4.69, 9.17) is 5.73 Å². The van der Waals surface area contributed by atoms with Gasteiger partial charge in [-0.3, -0.25) is 4.68 Å².